The summed E-state index contributed by atoms with van der Waals surface area (Å²) >= 11 is 0. The molecule has 2 amide bonds. The van der Waals surface area contributed by atoms with E-state index < -0.39 is 11.9 Å². The molecule has 0 atom stereocenters. The van der Waals surface area contributed by atoms with Crippen molar-refractivity contribution in [3.8, 4) is 28.7 Å². The van der Waals surface area contributed by atoms with Gasteiger partial charge in [0.15, 0.2) is 0 Å². The Morgan fingerprint density at radius 2 is 1.37 bits per heavy atom. The number of benzene rings is 5. The number of hydrogen-bond acceptors (Lipinski definition) is 5. The van der Waals surface area contributed by atoms with E-state index in [1.54, 1.807) is 30.3 Å². The molecule has 0 aliphatic heterocycles. The molecule has 0 aromatic heterocycles. The van der Waals surface area contributed by atoms with Crippen LogP contribution in [-0.2, 0) is 29.1 Å². The van der Waals surface area contributed by atoms with Crippen molar-refractivity contribution in [2.24, 2.45) is 0 Å². The first-order valence-corrected chi connectivity index (χ1v) is 14.7. The van der Waals surface area contributed by atoms with Gasteiger partial charge in [-0.15, -0.1) is 0 Å². The minimum absolute atomic E-state index is 0.0492. The van der Waals surface area contributed by atoms with Crippen molar-refractivity contribution >= 4 is 17.8 Å². The first-order chi connectivity index (χ1) is 22.4. The zero-order valence-corrected chi connectivity index (χ0v) is 24.9. The third-order valence-corrected chi connectivity index (χ3v) is 7.29. The van der Waals surface area contributed by atoms with Crippen molar-refractivity contribution in [3.63, 3.8) is 0 Å². The highest BCUT2D eigenvalue weighted by Crippen LogP contribution is 2.23. The van der Waals surface area contributed by atoms with Crippen molar-refractivity contribution < 1.29 is 24.2 Å². The van der Waals surface area contributed by atoms with Crippen LogP contribution in [0.15, 0.2) is 127 Å². The lowest BCUT2D eigenvalue weighted by atomic mass is 10.0. The van der Waals surface area contributed by atoms with Crippen molar-refractivity contribution in [1.29, 1.82) is 5.26 Å². The van der Waals surface area contributed by atoms with Crippen LogP contribution in [0.2, 0.25) is 0 Å². The highest BCUT2D eigenvalue weighted by Gasteiger charge is 2.21. The van der Waals surface area contributed by atoms with E-state index in [1.165, 1.54) is 4.90 Å². The number of aliphatic carboxylic acids is 1. The van der Waals surface area contributed by atoms with Crippen molar-refractivity contribution in [3.05, 3.63) is 155 Å². The molecule has 5 aromatic carbocycles. The number of amides is 2. The molecule has 0 heterocycles. The monoisotopic (exact) mass is 609 g/mol. The molecule has 8 heteroatoms. The van der Waals surface area contributed by atoms with Gasteiger partial charge in [-0.05, 0) is 82.8 Å². The smallest absolute Gasteiger partial charge is 0.394 e. The number of nitriles is 1. The Hall–Kier alpha value is -6.20. The standard InChI is InChI=1S/C38H31N3O5/c39-24-29-6-4-7-30(22-29)26-41(37(43)38(44)45)25-28-12-16-31(17-13-28)32-8-5-9-33(23-32)36(42)40-21-20-27-14-18-35(19-15-27)46-34-10-2-1-3-11-34/h1-19,22-23H,20-21,25-26H2,(H,40,42)(H,44,45). The van der Waals surface area contributed by atoms with Gasteiger partial charge in [0.05, 0.1) is 11.6 Å². The van der Waals surface area contributed by atoms with Gasteiger partial charge in [-0.1, -0.05) is 78.9 Å². The van der Waals surface area contributed by atoms with E-state index in [2.05, 4.69) is 11.4 Å². The van der Waals surface area contributed by atoms with Crippen LogP contribution in [0.1, 0.15) is 32.6 Å². The zero-order valence-electron chi connectivity index (χ0n) is 24.9. The Bertz CT molecular complexity index is 1860. The summed E-state index contributed by atoms with van der Waals surface area (Å²) in [6, 6.07) is 40.9. The molecule has 228 valence electrons. The Balaban J connectivity index is 1.17. The summed E-state index contributed by atoms with van der Waals surface area (Å²) in [5.41, 5.74) is 5.16. The average molecular weight is 610 g/mol. The van der Waals surface area contributed by atoms with Crippen molar-refractivity contribution in [2.45, 2.75) is 19.5 Å². The second-order valence-corrected chi connectivity index (χ2v) is 10.6. The van der Waals surface area contributed by atoms with E-state index in [0.29, 0.717) is 29.7 Å². The van der Waals surface area contributed by atoms with Crippen LogP contribution in [0.25, 0.3) is 11.1 Å². The number of rotatable bonds is 11. The topological polar surface area (TPSA) is 120 Å². The van der Waals surface area contributed by atoms with E-state index in [0.717, 1.165) is 33.8 Å². The molecule has 0 saturated carbocycles. The van der Waals surface area contributed by atoms with Gasteiger partial charge in [-0.25, -0.2) is 4.79 Å². The normalized spacial score (nSPS) is 10.4. The lowest BCUT2D eigenvalue weighted by Crippen LogP contribution is -2.35. The highest BCUT2D eigenvalue weighted by atomic mass is 16.5. The quantitative estimate of drug-likeness (QED) is 0.163. The summed E-state index contributed by atoms with van der Waals surface area (Å²) in [4.78, 5) is 38.1. The molecule has 0 radical (unpaired) electrons. The van der Waals surface area contributed by atoms with Crippen molar-refractivity contribution in [1.82, 2.24) is 10.2 Å². The van der Waals surface area contributed by atoms with Gasteiger partial charge < -0.3 is 20.1 Å². The number of hydrogen-bond donors (Lipinski definition) is 2. The summed E-state index contributed by atoms with van der Waals surface area (Å²) in [5.74, 6) is -1.23. The van der Waals surface area contributed by atoms with Gasteiger partial charge in [-0.2, -0.15) is 5.26 Å². The van der Waals surface area contributed by atoms with Crippen LogP contribution in [-0.4, -0.2) is 34.3 Å². The number of nitrogens with one attached hydrogen (secondary N) is 1. The van der Waals surface area contributed by atoms with Crippen LogP contribution in [0, 0.1) is 11.3 Å². The summed E-state index contributed by atoms with van der Waals surface area (Å²) in [7, 11) is 0. The van der Waals surface area contributed by atoms with E-state index in [-0.39, 0.29) is 19.0 Å². The number of para-hydroxylation sites is 1. The van der Waals surface area contributed by atoms with Gasteiger partial charge in [0.1, 0.15) is 11.5 Å². The second-order valence-electron chi connectivity index (χ2n) is 10.6. The number of carboxylic acid groups (broad SMARTS) is 1. The van der Waals surface area contributed by atoms with Crippen molar-refractivity contribution in [2.75, 3.05) is 6.54 Å². The maximum absolute atomic E-state index is 12.9. The van der Waals surface area contributed by atoms with Gasteiger partial charge in [0.25, 0.3) is 5.91 Å². The number of nitrogens with zero attached hydrogens (tertiary/aromatic N) is 2. The molecule has 0 saturated heterocycles. The Morgan fingerprint density at radius 1 is 0.696 bits per heavy atom. The Labute approximate surface area is 267 Å². The van der Waals surface area contributed by atoms with Gasteiger partial charge in [0.2, 0.25) is 0 Å². The predicted octanol–water partition coefficient (Wildman–Crippen LogP) is 6.60. The number of ether oxygens (including phenoxy) is 1. The second kappa shape index (κ2) is 15.0. The fourth-order valence-corrected chi connectivity index (χ4v) is 4.93. The van der Waals surface area contributed by atoms with Gasteiger partial charge in [0, 0.05) is 25.2 Å². The third kappa shape index (κ3) is 8.46. The number of carboxylic acids is 1. The molecule has 0 unspecified atom stereocenters. The SMILES string of the molecule is N#Cc1cccc(CN(Cc2ccc(-c3cccc(C(=O)NCCc4ccc(Oc5ccccc5)cc4)c3)cc2)C(=O)C(=O)O)c1. The molecule has 0 aliphatic rings. The first-order valence-electron chi connectivity index (χ1n) is 14.7. The molecule has 5 aromatic rings. The molecule has 8 nitrogen and oxygen atoms in total. The molecular formula is C38H31N3O5. The first kappa shape index (κ1) is 31.2. The van der Waals surface area contributed by atoms with Gasteiger partial charge >= 0.3 is 11.9 Å². The number of carbonyl (C=O) groups is 3. The molecule has 0 spiro atoms. The molecule has 5 rings (SSSR count). The zero-order chi connectivity index (χ0) is 32.3. The summed E-state index contributed by atoms with van der Waals surface area (Å²) in [6.07, 6.45) is 0.670. The molecular weight excluding hydrogens is 578 g/mol. The molecule has 0 aliphatic carbocycles. The van der Waals surface area contributed by atoms with E-state index in [4.69, 9.17) is 4.74 Å². The summed E-state index contributed by atoms with van der Waals surface area (Å²) < 4.78 is 5.84. The lowest BCUT2D eigenvalue weighted by molar-refractivity contribution is -0.156. The third-order valence-electron chi connectivity index (χ3n) is 7.29. The lowest BCUT2D eigenvalue weighted by Gasteiger charge is -2.21. The van der Waals surface area contributed by atoms with Crippen LogP contribution in [0.5, 0.6) is 11.5 Å². The summed E-state index contributed by atoms with van der Waals surface area (Å²) in [6.45, 7) is 0.601. The fourth-order valence-electron chi connectivity index (χ4n) is 4.93. The minimum Gasteiger partial charge on any atom is -0.474 e. The number of carbonyl (C=O) groups excluding carboxylic acids is 2. The highest BCUT2D eigenvalue weighted by molar-refractivity contribution is 6.31. The molecule has 2 N–H and O–H groups in total. The maximum atomic E-state index is 12.9. The molecule has 46 heavy (non-hydrogen) atoms. The predicted molar refractivity (Wildman–Crippen MR) is 174 cm³/mol. The molecule has 0 bridgehead atoms. The van der Waals surface area contributed by atoms with E-state index in [1.807, 2.05) is 97.1 Å². The Kier molecular flexibility index (Phi) is 10.2. The van der Waals surface area contributed by atoms with E-state index >= 15 is 0 Å². The minimum atomic E-state index is -1.55. The maximum Gasteiger partial charge on any atom is 0.394 e. The van der Waals surface area contributed by atoms with Crippen LogP contribution >= 0.6 is 0 Å². The van der Waals surface area contributed by atoms with Gasteiger partial charge in [-0.3, -0.25) is 9.59 Å². The van der Waals surface area contributed by atoms with Crippen LogP contribution < -0.4 is 10.1 Å². The van der Waals surface area contributed by atoms with Crippen LogP contribution in [0.4, 0.5) is 0 Å². The fraction of sp³-hybridized carbons (Fsp3) is 0.105. The largest absolute Gasteiger partial charge is 0.474 e. The average Bonchev–Trinajstić information content (AvgIpc) is 3.09. The Morgan fingerprint density at radius 3 is 2.09 bits per heavy atom. The summed E-state index contributed by atoms with van der Waals surface area (Å²) in [5, 5.41) is 21.5. The molecule has 0 fully saturated rings. The van der Waals surface area contributed by atoms with E-state index in [9.17, 15) is 24.8 Å². The van der Waals surface area contributed by atoms with Crippen LogP contribution in [0.3, 0.4) is 0 Å².